The average Bonchev–Trinajstić information content (AvgIpc) is 2.88. The van der Waals surface area contributed by atoms with Gasteiger partial charge in [0, 0.05) is 18.5 Å². The largest absolute Gasteiger partial charge is 0.338 e. The summed E-state index contributed by atoms with van der Waals surface area (Å²) in [5.41, 5.74) is 0.874. The minimum absolute atomic E-state index is 0.0449. The van der Waals surface area contributed by atoms with Crippen LogP contribution in [0.1, 0.15) is 45.7 Å². The number of anilines is 1. The zero-order chi connectivity index (χ0) is 17.2. The molecule has 0 fully saturated rings. The van der Waals surface area contributed by atoms with Crippen LogP contribution in [0.25, 0.3) is 0 Å². The number of nitrogens with zero attached hydrogens (tertiary/aromatic N) is 2. The van der Waals surface area contributed by atoms with Gasteiger partial charge in [0.15, 0.2) is 5.13 Å². The summed E-state index contributed by atoms with van der Waals surface area (Å²) in [5, 5.41) is 8.08. The monoisotopic (exact) mass is 340 g/mol. The molecule has 23 heavy (non-hydrogen) atoms. The molecule has 6 nitrogen and oxygen atoms in total. The Hall–Kier alpha value is -1.63. The molecule has 1 heterocycles. The predicted molar refractivity (Wildman–Crippen MR) is 94.8 cm³/mol. The number of urea groups is 1. The number of nitrogens with one attached hydrogen (secondary N) is 2. The van der Waals surface area contributed by atoms with Gasteiger partial charge in [-0.1, -0.05) is 27.2 Å². The van der Waals surface area contributed by atoms with Gasteiger partial charge < -0.3 is 15.5 Å². The van der Waals surface area contributed by atoms with Gasteiger partial charge in [-0.25, -0.2) is 9.78 Å². The Balaban J connectivity index is 2.55. The second-order valence-electron chi connectivity index (χ2n) is 6.03. The number of carbonyl (C=O) groups is 2. The van der Waals surface area contributed by atoms with Crippen LogP contribution in [0.15, 0.2) is 5.38 Å². The molecule has 2 N–H and O–H groups in total. The van der Waals surface area contributed by atoms with E-state index < -0.39 is 0 Å². The van der Waals surface area contributed by atoms with Crippen molar-refractivity contribution in [3.8, 4) is 0 Å². The van der Waals surface area contributed by atoms with Gasteiger partial charge in [-0.15, -0.1) is 11.3 Å². The molecule has 1 aromatic rings. The summed E-state index contributed by atoms with van der Waals surface area (Å²) < 4.78 is 0. The number of rotatable bonds is 9. The highest BCUT2D eigenvalue weighted by Crippen LogP contribution is 2.14. The number of amides is 3. The zero-order valence-electron chi connectivity index (χ0n) is 14.5. The number of thiazole rings is 1. The van der Waals surface area contributed by atoms with E-state index in [-0.39, 0.29) is 18.5 Å². The minimum atomic E-state index is -0.214. The van der Waals surface area contributed by atoms with Gasteiger partial charge >= 0.3 is 6.03 Å². The molecule has 1 aromatic heterocycles. The van der Waals surface area contributed by atoms with E-state index in [1.807, 2.05) is 12.3 Å². The molecule has 0 bridgehead atoms. The Labute approximate surface area is 142 Å². The number of unbranched alkanes of at least 4 members (excludes halogenated alkanes) is 1. The maximum Gasteiger partial charge on any atom is 0.317 e. The normalized spacial score (nSPS) is 10.7. The molecule has 0 saturated carbocycles. The van der Waals surface area contributed by atoms with E-state index in [4.69, 9.17) is 0 Å². The van der Waals surface area contributed by atoms with Crippen LogP contribution in [0, 0.1) is 12.8 Å². The summed E-state index contributed by atoms with van der Waals surface area (Å²) in [6.07, 6.45) is 2.83. The molecule has 3 amide bonds. The molecule has 0 saturated heterocycles. The van der Waals surface area contributed by atoms with Gasteiger partial charge in [0.25, 0.3) is 0 Å². The third-order valence-corrected chi connectivity index (χ3v) is 4.15. The lowest BCUT2D eigenvalue weighted by molar-refractivity contribution is -0.116. The quantitative estimate of drug-likeness (QED) is 0.678. The van der Waals surface area contributed by atoms with Crippen molar-refractivity contribution in [2.45, 2.75) is 47.0 Å². The number of carbonyl (C=O) groups excluding carboxylic acids is 2. The third kappa shape index (κ3) is 7.97. The molecule has 0 radical (unpaired) electrons. The highest BCUT2D eigenvalue weighted by atomic mass is 32.1. The van der Waals surface area contributed by atoms with E-state index in [0.717, 1.165) is 25.0 Å². The summed E-state index contributed by atoms with van der Waals surface area (Å²) in [7, 11) is 0. The molecular weight excluding hydrogens is 312 g/mol. The Morgan fingerprint density at radius 2 is 2.13 bits per heavy atom. The summed E-state index contributed by atoms with van der Waals surface area (Å²) in [6, 6.07) is -0.176. The van der Waals surface area contributed by atoms with Crippen LogP contribution in [0.3, 0.4) is 0 Å². The maximum absolute atomic E-state index is 12.2. The molecule has 0 aliphatic rings. The van der Waals surface area contributed by atoms with Gasteiger partial charge in [-0.3, -0.25) is 4.79 Å². The average molecular weight is 340 g/mol. The molecule has 0 aliphatic carbocycles. The second-order valence-corrected chi connectivity index (χ2v) is 6.89. The first-order valence-electron chi connectivity index (χ1n) is 8.17. The van der Waals surface area contributed by atoms with Crippen molar-refractivity contribution < 1.29 is 9.59 Å². The van der Waals surface area contributed by atoms with Crippen molar-refractivity contribution in [2.24, 2.45) is 5.92 Å². The Kier molecular flexibility index (Phi) is 8.61. The molecule has 0 spiro atoms. The zero-order valence-corrected chi connectivity index (χ0v) is 15.3. The van der Waals surface area contributed by atoms with E-state index in [9.17, 15) is 9.59 Å². The highest BCUT2D eigenvalue weighted by Gasteiger charge is 2.17. The van der Waals surface area contributed by atoms with Crippen molar-refractivity contribution in [3.05, 3.63) is 11.1 Å². The van der Waals surface area contributed by atoms with Gasteiger partial charge in [-0.05, 0) is 25.7 Å². The molecule has 1 rings (SSSR count). The molecule has 0 unspecified atom stereocenters. The molecule has 0 aliphatic heterocycles. The van der Waals surface area contributed by atoms with E-state index in [1.54, 1.807) is 4.90 Å². The minimum Gasteiger partial charge on any atom is -0.338 e. The fraction of sp³-hybridized carbons (Fsp3) is 0.688. The predicted octanol–water partition coefficient (Wildman–Crippen LogP) is 3.25. The number of aryl methyl sites for hydroxylation is 1. The number of aromatic nitrogens is 1. The first-order valence-corrected chi connectivity index (χ1v) is 9.05. The summed E-state index contributed by atoms with van der Waals surface area (Å²) in [4.78, 5) is 30.2. The van der Waals surface area contributed by atoms with Crippen LogP contribution in [0.2, 0.25) is 0 Å². The Morgan fingerprint density at radius 1 is 1.39 bits per heavy atom. The van der Waals surface area contributed by atoms with Gasteiger partial charge in [0.1, 0.15) is 6.54 Å². The standard InChI is InChI=1S/C16H28N4O2S/c1-5-6-8-17-16(22)20(9-7-12(2)3)10-14(21)19-15-18-13(4)11-23-15/h11-12H,5-10H2,1-4H3,(H,17,22)(H,18,19,21). The van der Waals surface area contributed by atoms with Crippen molar-refractivity contribution in [2.75, 3.05) is 25.0 Å². The second kappa shape index (κ2) is 10.2. The van der Waals surface area contributed by atoms with Crippen LogP contribution in [-0.4, -0.2) is 41.5 Å². The maximum atomic E-state index is 12.2. The number of hydrogen-bond donors (Lipinski definition) is 2. The third-order valence-electron chi connectivity index (χ3n) is 3.27. The van der Waals surface area contributed by atoms with Crippen LogP contribution in [-0.2, 0) is 4.79 Å². The lowest BCUT2D eigenvalue weighted by Gasteiger charge is -2.23. The van der Waals surface area contributed by atoms with Crippen molar-refractivity contribution in [1.82, 2.24) is 15.2 Å². The molecule has 7 heteroatoms. The molecule has 0 atom stereocenters. The summed E-state index contributed by atoms with van der Waals surface area (Å²) >= 11 is 1.39. The smallest absolute Gasteiger partial charge is 0.317 e. The summed E-state index contributed by atoms with van der Waals surface area (Å²) in [6.45, 7) is 9.41. The van der Waals surface area contributed by atoms with E-state index in [0.29, 0.717) is 24.1 Å². The Morgan fingerprint density at radius 3 is 2.70 bits per heavy atom. The fourth-order valence-corrected chi connectivity index (χ4v) is 2.60. The van der Waals surface area contributed by atoms with E-state index in [1.165, 1.54) is 11.3 Å². The molecule has 0 aromatic carbocycles. The fourth-order valence-electron chi connectivity index (χ4n) is 1.89. The highest BCUT2D eigenvalue weighted by molar-refractivity contribution is 7.13. The molecular formula is C16H28N4O2S. The lowest BCUT2D eigenvalue weighted by atomic mass is 10.1. The topological polar surface area (TPSA) is 74.3 Å². The first kappa shape index (κ1) is 19.4. The van der Waals surface area contributed by atoms with Crippen molar-refractivity contribution >= 4 is 28.4 Å². The van der Waals surface area contributed by atoms with E-state index >= 15 is 0 Å². The van der Waals surface area contributed by atoms with Crippen molar-refractivity contribution in [1.29, 1.82) is 0 Å². The summed E-state index contributed by atoms with van der Waals surface area (Å²) in [5.74, 6) is 0.263. The lowest BCUT2D eigenvalue weighted by Crippen LogP contribution is -2.45. The number of hydrogen-bond acceptors (Lipinski definition) is 4. The van der Waals surface area contributed by atoms with Crippen LogP contribution >= 0.6 is 11.3 Å². The van der Waals surface area contributed by atoms with Crippen LogP contribution in [0.4, 0.5) is 9.93 Å². The van der Waals surface area contributed by atoms with Gasteiger partial charge in [-0.2, -0.15) is 0 Å². The first-order chi connectivity index (χ1) is 10.9. The Bertz CT molecular complexity index is 502. The van der Waals surface area contributed by atoms with Crippen LogP contribution < -0.4 is 10.6 Å². The van der Waals surface area contributed by atoms with E-state index in [2.05, 4.69) is 36.4 Å². The SMILES string of the molecule is CCCCNC(=O)N(CCC(C)C)CC(=O)Nc1nc(C)cs1. The van der Waals surface area contributed by atoms with Gasteiger partial charge in [0.2, 0.25) is 5.91 Å². The van der Waals surface area contributed by atoms with Crippen LogP contribution in [0.5, 0.6) is 0 Å². The molecule has 130 valence electrons. The van der Waals surface area contributed by atoms with Crippen molar-refractivity contribution in [3.63, 3.8) is 0 Å². The van der Waals surface area contributed by atoms with Gasteiger partial charge in [0.05, 0.1) is 5.69 Å².